The summed E-state index contributed by atoms with van der Waals surface area (Å²) in [5, 5.41) is 4.15. The molecule has 2 heterocycles. The van der Waals surface area contributed by atoms with E-state index in [0.717, 1.165) is 64.0 Å². The lowest BCUT2D eigenvalue weighted by molar-refractivity contribution is 0.271. The van der Waals surface area contributed by atoms with Crippen LogP contribution in [0.5, 0.6) is 0 Å². The van der Waals surface area contributed by atoms with Crippen LogP contribution in [0.4, 0.5) is 5.69 Å². The van der Waals surface area contributed by atoms with E-state index >= 15 is 0 Å². The number of hydrogen-bond donors (Lipinski definition) is 1. The molecule has 2 N–H and O–H groups in total. The Kier molecular flexibility index (Phi) is 5.85. The molecule has 142 valence electrons. The second-order valence-electron chi connectivity index (χ2n) is 7.25. The molecule has 0 radical (unpaired) electrons. The predicted octanol–water partition coefficient (Wildman–Crippen LogP) is 3.03. The van der Waals surface area contributed by atoms with Crippen LogP contribution in [-0.2, 0) is 5.54 Å². The Morgan fingerprint density at radius 2 is 1.73 bits per heavy atom. The Balaban J connectivity index is 0.00000196. The molecule has 26 heavy (non-hydrogen) atoms. The molecule has 1 aromatic heterocycles. The Morgan fingerprint density at radius 1 is 1.08 bits per heavy atom. The highest BCUT2D eigenvalue weighted by Crippen LogP contribution is 2.35. The summed E-state index contributed by atoms with van der Waals surface area (Å²) in [5.74, 6) is 1.22. The molecule has 0 amide bonds. The first-order chi connectivity index (χ1) is 12.2. The standard InChI is InChI=1S/C19H27N5O.ClH/c1-2-23-11-13-24(14-12-23)16-7-5-15(6-8-16)17-21-18(22-25-17)19(20)9-3-4-10-19;/h5-8H,2-4,9-14,20H2,1H3;1H. The summed E-state index contributed by atoms with van der Waals surface area (Å²) in [6, 6.07) is 8.43. The second-order valence-corrected chi connectivity index (χ2v) is 7.25. The summed E-state index contributed by atoms with van der Waals surface area (Å²) >= 11 is 0. The molecule has 1 aliphatic carbocycles. The molecule has 1 aliphatic heterocycles. The van der Waals surface area contributed by atoms with Gasteiger partial charge in [-0.3, -0.25) is 0 Å². The molecule has 1 aromatic carbocycles. The van der Waals surface area contributed by atoms with Gasteiger partial charge in [-0.1, -0.05) is 24.9 Å². The van der Waals surface area contributed by atoms with Crippen molar-refractivity contribution < 1.29 is 4.52 Å². The summed E-state index contributed by atoms with van der Waals surface area (Å²) in [5.41, 5.74) is 8.23. The van der Waals surface area contributed by atoms with Gasteiger partial charge in [0.2, 0.25) is 0 Å². The zero-order chi connectivity index (χ0) is 17.3. The molecule has 1 saturated carbocycles. The van der Waals surface area contributed by atoms with Gasteiger partial charge in [-0.05, 0) is 43.7 Å². The van der Waals surface area contributed by atoms with Crippen LogP contribution in [-0.4, -0.2) is 47.8 Å². The van der Waals surface area contributed by atoms with Crippen LogP contribution in [0.15, 0.2) is 28.8 Å². The van der Waals surface area contributed by atoms with Crippen molar-refractivity contribution in [3.8, 4) is 11.5 Å². The minimum absolute atomic E-state index is 0. The van der Waals surface area contributed by atoms with Crippen molar-refractivity contribution >= 4 is 18.1 Å². The largest absolute Gasteiger partial charge is 0.369 e. The average molecular weight is 378 g/mol. The molecule has 1 saturated heterocycles. The number of hydrogen-bond acceptors (Lipinski definition) is 6. The maximum Gasteiger partial charge on any atom is 0.257 e. The quantitative estimate of drug-likeness (QED) is 0.883. The van der Waals surface area contributed by atoms with E-state index in [1.165, 1.54) is 5.69 Å². The maximum absolute atomic E-state index is 6.42. The third-order valence-corrected chi connectivity index (χ3v) is 5.67. The van der Waals surface area contributed by atoms with Crippen molar-refractivity contribution in [2.75, 3.05) is 37.6 Å². The van der Waals surface area contributed by atoms with Crippen molar-refractivity contribution in [1.29, 1.82) is 0 Å². The molecule has 0 atom stereocenters. The van der Waals surface area contributed by atoms with Crippen molar-refractivity contribution in [1.82, 2.24) is 15.0 Å². The van der Waals surface area contributed by atoms with E-state index in [-0.39, 0.29) is 12.4 Å². The van der Waals surface area contributed by atoms with Crippen molar-refractivity contribution in [3.05, 3.63) is 30.1 Å². The van der Waals surface area contributed by atoms with Gasteiger partial charge in [-0.25, -0.2) is 0 Å². The SMILES string of the molecule is CCN1CCN(c2ccc(-c3nc(C4(N)CCCC4)no3)cc2)CC1.Cl. The van der Waals surface area contributed by atoms with Crippen LogP contribution in [0.25, 0.3) is 11.5 Å². The summed E-state index contributed by atoms with van der Waals surface area (Å²) in [4.78, 5) is 9.49. The normalized spacial score (nSPS) is 20.2. The van der Waals surface area contributed by atoms with Crippen LogP contribution in [0.2, 0.25) is 0 Å². The van der Waals surface area contributed by atoms with Gasteiger partial charge >= 0.3 is 0 Å². The monoisotopic (exact) mass is 377 g/mol. The minimum atomic E-state index is -0.402. The molecule has 7 heteroatoms. The summed E-state index contributed by atoms with van der Waals surface area (Å²) < 4.78 is 5.48. The number of rotatable bonds is 4. The third-order valence-electron chi connectivity index (χ3n) is 5.67. The first kappa shape index (κ1) is 19.1. The van der Waals surface area contributed by atoms with E-state index in [2.05, 4.69) is 51.1 Å². The van der Waals surface area contributed by atoms with Gasteiger partial charge in [0, 0.05) is 37.4 Å². The molecule has 0 unspecified atom stereocenters. The Hall–Kier alpha value is -1.63. The van der Waals surface area contributed by atoms with E-state index in [0.29, 0.717) is 11.7 Å². The molecule has 2 aliphatic rings. The summed E-state index contributed by atoms with van der Waals surface area (Å²) in [6.45, 7) is 7.77. The zero-order valence-electron chi connectivity index (χ0n) is 15.4. The van der Waals surface area contributed by atoms with Crippen LogP contribution < -0.4 is 10.6 Å². The van der Waals surface area contributed by atoms with Gasteiger partial charge in [0.1, 0.15) is 0 Å². The number of nitrogens with zero attached hydrogens (tertiary/aromatic N) is 4. The number of nitrogens with two attached hydrogens (primary N) is 1. The van der Waals surface area contributed by atoms with E-state index in [9.17, 15) is 0 Å². The number of likely N-dealkylation sites (N-methyl/N-ethyl adjacent to an activating group) is 1. The number of aromatic nitrogens is 2. The van der Waals surface area contributed by atoms with E-state index < -0.39 is 5.54 Å². The highest BCUT2D eigenvalue weighted by atomic mass is 35.5. The van der Waals surface area contributed by atoms with E-state index in [1.54, 1.807) is 0 Å². The molecule has 0 bridgehead atoms. The van der Waals surface area contributed by atoms with E-state index in [1.807, 2.05) is 0 Å². The lowest BCUT2D eigenvalue weighted by Gasteiger charge is -2.35. The van der Waals surface area contributed by atoms with Gasteiger partial charge in [0.15, 0.2) is 5.82 Å². The summed E-state index contributed by atoms with van der Waals surface area (Å²) in [7, 11) is 0. The smallest absolute Gasteiger partial charge is 0.257 e. The fraction of sp³-hybridized carbons (Fsp3) is 0.579. The van der Waals surface area contributed by atoms with Crippen LogP contribution in [0.1, 0.15) is 38.4 Å². The van der Waals surface area contributed by atoms with Crippen LogP contribution in [0.3, 0.4) is 0 Å². The lowest BCUT2D eigenvalue weighted by Crippen LogP contribution is -2.46. The van der Waals surface area contributed by atoms with Crippen molar-refractivity contribution in [2.45, 2.75) is 38.1 Å². The molecule has 2 fully saturated rings. The average Bonchev–Trinajstić information content (AvgIpc) is 3.32. The molecular formula is C19H28ClN5O. The minimum Gasteiger partial charge on any atom is -0.369 e. The molecule has 2 aromatic rings. The van der Waals surface area contributed by atoms with Gasteiger partial charge in [-0.15, -0.1) is 12.4 Å². The van der Waals surface area contributed by atoms with E-state index in [4.69, 9.17) is 10.3 Å². The second kappa shape index (κ2) is 7.94. The van der Waals surface area contributed by atoms with Crippen LogP contribution >= 0.6 is 12.4 Å². The molecule has 4 rings (SSSR count). The van der Waals surface area contributed by atoms with Crippen molar-refractivity contribution in [3.63, 3.8) is 0 Å². The Bertz CT molecular complexity index is 703. The number of benzene rings is 1. The zero-order valence-corrected chi connectivity index (χ0v) is 16.2. The fourth-order valence-corrected chi connectivity index (χ4v) is 3.91. The Labute approximate surface area is 161 Å². The molecule has 6 nitrogen and oxygen atoms in total. The summed E-state index contributed by atoms with van der Waals surface area (Å²) in [6.07, 6.45) is 4.16. The first-order valence-corrected chi connectivity index (χ1v) is 9.39. The molecular weight excluding hydrogens is 350 g/mol. The number of piperazine rings is 1. The Morgan fingerprint density at radius 3 is 2.35 bits per heavy atom. The first-order valence-electron chi connectivity index (χ1n) is 9.39. The van der Waals surface area contributed by atoms with Gasteiger partial charge in [-0.2, -0.15) is 4.98 Å². The van der Waals surface area contributed by atoms with Gasteiger partial charge in [0.05, 0.1) is 5.54 Å². The third kappa shape index (κ3) is 3.72. The van der Waals surface area contributed by atoms with Crippen molar-refractivity contribution in [2.24, 2.45) is 5.73 Å². The van der Waals surface area contributed by atoms with Gasteiger partial charge in [0.25, 0.3) is 5.89 Å². The number of halogens is 1. The molecule has 0 spiro atoms. The van der Waals surface area contributed by atoms with Crippen LogP contribution in [0, 0.1) is 0 Å². The predicted molar refractivity (Wildman–Crippen MR) is 106 cm³/mol. The van der Waals surface area contributed by atoms with Gasteiger partial charge < -0.3 is 20.1 Å². The topological polar surface area (TPSA) is 71.4 Å². The lowest BCUT2D eigenvalue weighted by atomic mass is 9.99. The highest BCUT2D eigenvalue weighted by Gasteiger charge is 2.36. The highest BCUT2D eigenvalue weighted by molar-refractivity contribution is 5.85. The maximum atomic E-state index is 6.42. The number of anilines is 1. The fourth-order valence-electron chi connectivity index (χ4n) is 3.91.